The molecule has 1 aromatic heterocycles. The van der Waals surface area contributed by atoms with Gasteiger partial charge in [0.1, 0.15) is 18.0 Å². The van der Waals surface area contributed by atoms with Crippen LogP contribution in [-0.2, 0) is 4.74 Å². The number of ether oxygens (including phenoxy) is 2. The van der Waals surface area contributed by atoms with E-state index in [-0.39, 0.29) is 24.9 Å². The lowest BCUT2D eigenvalue weighted by Gasteiger charge is -2.15. The number of hydrogen-bond donors (Lipinski definition) is 1. The van der Waals surface area contributed by atoms with Gasteiger partial charge in [0.15, 0.2) is 11.6 Å². The highest BCUT2D eigenvalue weighted by Crippen LogP contribution is 2.18. The summed E-state index contributed by atoms with van der Waals surface area (Å²) in [6, 6.07) is 9.27. The highest BCUT2D eigenvalue weighted by atomic mass is 19.1. The maximum absolute atomic E-state index is 13.6. The second kappa shape index (κ2) is 10.0. The summed E-state index contributed by atoms with van der Waals surface area (Å²) in [6.45, 7) is 5.48. The predicted molar refractivity (Wildman–Crippen MR) is 113 cm³/mol. The van der Waals surface area contributed by atoms with Crippen molar-refractivity contribution in [2.45, 2.75) is 26.8 Å². The van der Waals surface area contributed by atoms with Gasteiger partial charge in [-0.05, 0) is 57.2 Å². The van der Waals surface area contributed by atoms with Gasteiger partial charge in [0.05, 0.1) is 30.2 Å². The zero-order valence-electron chi connectivity index (χ0n) is 17.9. The molecule has 1 amide bonds. The molecule has 3 rings (SSSR count). The van der Waals surface area contributed by atoms with Crippen LogP contribution in [0, 0.1) is 18.6 Å². The lowest BCUT2D eigenvalue weighted by atomic mass is 10.1. The van der Waals surface area contributed by atoms with Gasteiger partial charge in [-0.25, -0.2) is 18.3 Å². The van der Waals surface area contributed by atoms with Crippen LogP contribution in [0.4, 0.5) is 8.78 Å². The molecule has 0 radical (unpaired) electrons. The molecular formula is C23H23F2N3O4. The van der Waals surface area contributed by atoms with Crippen molar-refractivity contribution >= 4 is 11.9 Å². The molecule has 2 aromatic carbocycles. The smallest absolute Gasteiger partial charge is 0.341 e. The Morgan fingerprint density at radius 1 is 1.16 bits per heavy atom. The van der Waals surface area contributed by atoms with E-state index in [9.17, 15) is 18.4 Å². The monoisotopic (exact) mass is 443 g/mol. The van der Waals surface area contributed by atoms with E-state index in [4.69, 9.17) is 9.47 Å². The van der Waals surface area contributed by atoms with Gasteiger partial charge in [-0.1, -0.05) is 0 Å². The zero-order valence-corrected chi connectivity index (χ0v) is 17.9. The topological polar surface area (TPSA) is 82.5 Å². The third-order valence-electron chi connectivity index (χ3n) is 4.64. The number of aromatic nitrogens is 2. The van der Waals surface area contributed by atoms with Crippen LogP contribution in [0.5, 0.6) is 5.75 Å². The first-order chi connectivity index (χ1) is 15.3. The van der Waals surface area contributed by atoms with Crippen LogP contribution in [0.3, 0.4) is 0 Å². The summed E-state index contributed by atoms with van der Waals surface area (Å²) in [6.07, 6.45) is 1.44. The Morgan fingerprint density at radius 3 is 2.53 bits per heavy atom. The van der Waals surface area contributed by atoms with Gasteiger partial charge in [0.2, 0.25) is 0 Å². The van der Waals surface area contributed by atoms with Gasteiger partial charge < -0.3 is 14.8 Å². The normalized spacial score (nSPS) is 11.7. The second-order valence-corrected chi connectivity index (χ2v) is 7.08. The number of esters is 1. The Bertz CT molecular complexity index is 1110. The number of hydrogen-bond acceptors (Lipinski definition) is 5. The summed E-state index contributed by atoms with van der Waals surface area (Å²) >= 11 is 0. The molecule has 1 unspecified atom stereocenters. The molecule has 1 N–H and O–H groups in total. The van der Waals surface area contributed by atoms with Crippen LogP contribution >= 0.6 is 0 Å². The van der Waals surface area contributed by atoms with E-state index in [1.165, 1.54) is 12.3 Å². The number of nitrogens with one attached hydrogen (secondary N) is 1. The van der Waals surface area contributed by atoms with E-state index in [0.29, 0.717) is 22.5 Å². The molecule has 9 heteroatoms. The average Bonchev–Trinajstić information content (AvgIpc) is 3.14. The molecule has 0 aliphatic heterocycles. The van der Waals surface area contributed by atoms with Crippen molar-refractivity contribution in [1.29, 1.82) is 0 Å². The SMILES string of the molecule is CCOC(=O)c1cnn(-c2ccc(C(=O)NC(C)COc3ccc(F)cc3F)cc2)c1C. The molecule has 1 atom stereocenters. The van der Waals surface area contributed by atoms with Gasteiger partial charge in [0, 0.05) is 11.6 Å². The molecule has 1 heterocycles. The van der Waals surface area contributed by atoms with Gasteiger partial charge in [0.25, 0.3) is 5.91 Å². The van der Waals surface area contributed by atoms with E-state index in [0.717, 1.165) is 12.1 Å². The van der Waals surface area contributed by atoms with Gasteiger partial charge in [-0.3, -0.25) is 4.79 Å². The van der Waals surface area contributed by atoms with Gasteiger partial charge in [-0.2, -0.15) is 5.10 Å². The lowest BCUT2D eigenvalue weighted by Crippen LogP contribution is -2.36. The maximum atomic E-state index is 13.6. The molecule has 0 saturated carbocycles. The summed E-state index contributed by atoms with van der Waals surface area (Å²) in [5.74, 6) is -2.37. The first kappa shape index (κ1) is 22.9. The molecule has 0 aliphatic carbocycles. The summed E-state index contributed by atoms with van der Waals surface area (Å²) in [4.78, 5) is 24.4. The van der Waals surface area contributed by atoms with Crippen molar-refractivity contribution < 1.29 is 27.8 Å². The first-order valence-corrected chi connectivity index (χ1v) is 10.0. The molecule has 0 aliphatic rings. The van der Waals surface area contributed by atoms with E-state index in [1.807, 2.05) is 0 Å². The minimum Gasteiger partial charge on any atom is -0.488 e. The van der Waals surface area contributed by atoms with E-state index in [2.05, 4.69) is 10.4 Å². The Labute approximate surface area is 184 Å². The van der Waals surface area contributed by atoms with Crippen molar-refractivity contribution in [2.75, 3.05) is 13.2 Å². The van der Waals surface area contributed by atoms with Crippen LogP contribution in [0.25, 0.3) is 5.69 Å². The number of carbonyl (C=O) groups excluding carboxylic acids is 2. The standard InChI is InChI=1S/C23H23F2N3O4/c1-4-31-23(30)19-12-26-28(15(19)3)18-8-5-16(6-9-18)22(29)27-14(2)13-32-21-10-7-17(24)11-20(21)25/h5-12,14H,4,13H2,1-3H3,(H,27,29). The van der Waals surface area contributed by atoms with E-state index >= 15 is 0 Å². The Balaban J connectivity index is 1.61. The Hall–Kier alpha value is -3.75. The number of nitrogens with zero attached hydrogens (tertiary/aromatic N) is 2. The fourth-order valence-corrected chi connectivity index (χ4v) is 2.99. The molecule has 0 spiro atoms. The summed E-state index contributed by atoms with van der Waals surface area (Å²) < 4.78 is 38.5. The van der Waals surface area contributed by atoms with Crippen molar-refractivity contribution in [3.63, 3.8) is 0 Å². The fourth-order valence-electron chi connectivity index (χ4n) is 2.99. The molecule has 7 nitrogen and oxygen atoms in total. The van der Waals surface area contributed by atoms with Crippen LogP contribution in [0.15, 0.2) is 48.7 Å². The lowest BCUT2D eigenvalue weighted by molar-refractivity contribution is 0.0525. The Morgan fingerprint density at radius 2 is 1.88 bits per heavy atom. The maximum Gasteiger partial charge on any atom is 0.341 e. The van der Waals surface area contributed by atoms with Crippen molar-refractivity contribution in [2.24, 2.45) is 0 Å². The summed E-state index contributed by atoms with van der Waals surface area (Å²) in [5, 5.41) is 6.98. The number of benzene rings is 2. The molecule has 168 valence electrons. The molecule has 3 aromatic rings. The van der Waals surface area contributed by atoms with Gasteiger partial charge >= 0.3 is 5.97 Å². The number of halogens is 2. The first-order valence-electron chi connectivity index (χ1n) is 10.0. The van der Waals surface area contributed by atoms with Crippen LogP contribution < -0.4 is 10.1 Å². The Kier molecular flexibility index (Phi) is 7.19. The van der Waals surface area contributed by atoms with Crippen LogP contribution in [0.2, 0.25) is 0 Å². The van der Waals surface area contributed by atoms with Gasteiger partial charge in [-0.15, -0.1) is 0 Å². The zero-order chi connectivity index (χ0) is 23.3. The van der Waals surface area contributed by atoms with E-state index in [1.54, 1.807) is 49.7 Å². The van der Waals surface area contributed by atoms with Crippen molar-refractivity contribution in [1.82, 2.24) is 15.1 Å². The largest absolute Gasteiger partial charge is 0.488 e. The van der Waals surface area contributed by atoms with Crippen molar-refractivity contribution in [3.05, 3.63) is 77.1 Å². The quantitative estimate of drug-likeness (QED) is 0.535. The molecule has 0 saturated heterocycles. The van der Waals surface area contributed by atoms with Crippen LogP contribution in [-0.4, -0.2) is 40.9 Å². The molecule has 32 heavy (non-hydrogen) atoms. The molecular weight excluding hydrogens is 420 g/mol. The third-order valence-corrected chi connectivity index (χ3v) is 4.64. The third kappa shape index (κ3) is 5.29. The number of amides is 1. The van der Waals surface area contributed by atoms with Crippen molar-refractivity contribution in [3.8, 4) is 11.4 Å². The van der Waals surface area contributed by atoms with Crippen LogP contribution in [0.1, 0.15) is 40.3 Å². The minimum atomic E-state index is -0.806. The molecule has 0 bridgehead atoms. The average molecular weight is 443 g/mol. The van der Waals surface area contributed by atoms with E-state index < -0.39 is 23.6 Å². The number of rotatable bonds is 8. The predicted octanol–water partition coefficient (Wildman–Crippen LogP) is 3.83. The summed E-state index contributed by atoms with van der Waals surface area (Å²) in [7, 11) is 0. The second-order valence-electron chi connectivity index (χ2n) is 7.08. The highest BCUT2D eigenvalue weighted by molar-refractivity contribution is 5.94. The number of carbonyl (C=O) groups is 2. The molecule has 0 fully saturated rings. The summed E-state index contributed by atoms with van der Waals surface area (Å²) in [5.41, 5.74) is 2.08. The highest BCUT2D eigenvalue weighted by Gasteiger charge is 2.17. The minimum absolute atomic E-state index is 0.00942. The fraction of sp³-hybridized carbons (Fsp3) is 0.261.